The molecule has 11 aromatic carbocycles. The van der Waals surface area contributed by atoms with Gasteiger partial charge in [-0.3, -0.25) is 0 Å². The fraction of sp³-hybridized carbons (Fsp3) is 0.0303. The van der Waals surface area contributed by atoms with E-state index in [1.165, 1.54) is 111 Å². The van der Waals surface area contributed by atoms with Crippen LogP contribution in [0.3, 0.4) is 0 Å². The van der Waals surface area contributed by atoms with Gasteiger partial charge in [0.05, 0.1) is 10.8 Å². The molecule has 0 atom stereocenters. The summed E-state index contributed by atoms with van der Waals surface area (Å²) in [7, 11) is 0. The van der Waals surface area contributed by atoms with Gasteiger partial charge in [-0.1, -0.05) is 194 Å². The monoisotopic (exact) mass is 847 g/mol. The topological polar surface area (TPSA) is 3.24 Å². The van der Waals surface area contributed by atoms with Crippen LogP contribution in [0.5, 0.6) is 0 Å². The lowest BCUT2D eigenvalue weighted by atomic mass is 9.70. The third kappa shape index (κ3) is 4.73. The molecule has 4 aliphatic rings. The van der Waals surface area contributed by atoms with Crippen molar-refractivity contribution in [3.8, 4) is 55.6 Å². The Morgan fingerprint density at radius 1 is 0.209 bits per heavy atom. The molecule has 0 aromatic heterocycles. The Bertz CT molecular complexity index is 3780. The van der Waals surface area contributed by atoms with Crippen molar-refractivity contribution in [2.75, 3.05) is 4.90 Å². The molecule has 0 unspecified atom stereocenters. The molecule has 2 spiro atoms. The first-order chi connectivity index (χ1) is 33.2. The average molecular weight is 848 g/mol. The van der Waals surface area contributed by atoms with Gasteiger partial charge in [0, 0.05) is 17.1 Å². The number of para-hydroxylation sites is 1. The van der Waals surface area contributed by atoms with Crippen LogP contribution in [-0.4, -0.2) is 0 Å². The SMILES string of the molecule is c1ccc(N(c2cccc(-c3ccc4cc5c(cc4c3)-c3ccccc3C53c4ccccc4-c4ccccc43)c2)c2ccc3c(c2)C2(c4ccccc4-c4ccccc42)c2ccccc2-3)cc1. The largest absolute Gasteiger partial charge is 0.310 e. The number of rotatable bonds is 4. The Labute approximate surface area is 390 Å². The summed E-state index contributed by atoms with van der Waals surface area (Å²) in [5.41, 5.74) is 26.4. The quantitative estimate of drug-likeness (QED) is 0.171. The van der Waals surface area contributed by atoms with E-state index in [-0.39, 0.29) is 5.41 Å². The molecule has 0 amide bonds. The Kier molecular flexibility index (Phi) is 7.42. The van der Waals surface area contributed by atoms with Gasteiger partial charge in [0.25, 0.3) is 0 Å². The maximum atomic E-state index is 2.49. The maximum absolute atomic E-state index is 2.49. The Morgan fingerprint density at radius 2 is 0.612 bits per heavy atom. The van der Waals surface area contributed by atoms with Crippen LogP contribution < -0.4 is 4.90 Å². The minimum absolute atomic E-state index is 0.355. The number of nitrogens with zero attached hydrogens (tertiary/aromatic N) is 1. The third-order valence-electron chi connectivity index (χ3n) is 15.6. The number of anilines is 3. The van der Waals surface area contributed by atoms with Gasteiger partial charge in [0.15, 0.2) is 0 Å². The minimum atomic E-state index is -0.421. The molecule has 15 rings (SSSR count). The highest BCUT2D eigenvalue weighted by molar-refractivity contribution is 6.01. The molecule has 0 saturated heterocycles. The summed E-state index contributed by atoms with van der Waals surface area (Å²) in [5, 5.41) is 2.50. The zero-order valence-electron chi connectivity index (χ0n) is 36.6. The molecule has 0 saturated carbocycles. The second-order valence-electron chi connectivity index (χ2n) is 18.7. The van der Waals surface area contributed by atoms with Gasteiger partial charge in [-0.2, -0.15) is 0 Å². The van der Waals surface area contributed by atoms with E-state index in [0.29, 0.717) is 0 Å². The average Bonchev–Trinajstić information content (AvgIpc) is 4.07. The van der Waals surface area contributed by atoms with Gasteiger partial charge in [-0.15, -0.1) is 0 Å². The van der Waals surface area contributed by atoms with Gasteiger partial charge in [-0.05, 0) is 166 Å². The first-order valence-corrected chi connectivity index (χ1v) is 23.5. The lowest BCUT2D eigenvalue weighted by Crippen LogP contribution is -2.26. The van der Waals surface area contributed by atoms with Crippen LogP contribution >= 0.6 is 0 Å². The van der Waals surface area contributed by atoms with Crippen LogP contribution in [0.4, 0.5) is 17.1 Å². The molecule has 1 heteroatoms. The van der Waals surface area contributed by atoms with E-state index in [4.69, 9.17) is 0 Å². The molecular weight excluding hydrogens is 807 g/mol. The molecular formula is C66H41N. The van der Waals surface area contributed by atoms with Crippen molar-refractivity contribution in [3.05, 3.63) is 293 Å². The smallest absolute Gasteiger partial charge is 0.0726 e. The highest BCUT2D eigenvalue weighted by atomic mass is 15.1. The Balaban J connectivity index is 0.885. The third-order valence-corrected chi connectivity index (χ3v) is 15.6. The molecule has 11 aromatic rings. The van der Waals surface area contributed by atoms with E-state index in [0.717, 1.165) is 17.1 Å². The van der Waals surface area contributed by atoms with Gasteiger partial charge >= 0.3 is 0 Å². The van der Waals surface area contributed by atoms with Gasteiger partial charge in [-0.25, -0.2) is 0 Å². The summed E-state index contributed by atoms with van der Waals surface area (Å²) >= 11 is 0. The van der Waals surface area contributed by atoms with E-state index in [9.17, 15) is 0 Å². The Hall–Kier alpha value is -8.52. The first-order valence-electron chi connectivity index (χ1n) is 23.5. The standard InChI is InChI=1S/C66H41N/c1-2-18-46(19-3-1)67(48-35-36-55-53-25-8-14-31-61(53)66(64(55)41-48)59-29-12-6-23-51(59)52-24-7-13-30-60(52)66)47-20-16-17-42(38-47)43-33-34-44-40-63-56(39-45(44)37-43)54-26-9-15-32-62(54)65(63)57-27-10-4-21-49(57)50-22-5-11-28-58(50)65/h1-41H. The fourth-order valence-electron chi connectivity index (χ4n) is 13.1. The van der Waals surface area contributed by atoms with Crippen LogP contribution in [0.15, 0.2) is 249 Å². The molecule has 0 fully saturated rings. The van der Waals surface area contributed by atoms with E-state index in [2.05, 4.69) is 254 Å². The fourth-order valence-corrected chi connectivity index (χ4v) is 13.1. The van der Waals surface area contributed by atoms with E-state index < -0.39 is 5.41 Å². The summed E-state index contributed by atoms with van der Waals surface area (Å²) in [4.78, 5) is 2.44. The lowest BCUT2D eigenvalue weighted by molar-refractivity contribution is 0.793. The van der Waals surface area contributed by atoms with Crippen molar-refractivity contribution in [1.29, 1.82) is 0 Å². The highest BCUT2D eigenvalue weighted by Crippen LogP contribution is 2.65. The van der Waals surface area contributed by atoms with E-state index >= 15 is 0 Å². The number of hydrogen-bond acceptors (Lipinski definition) is 1. The molecule has 1 nitrogen and oxygen atoms in total. The molecule has 310 valence electrons. The van der Waals surface area contributed by atoms with Crippen LogP contribution in [0.25, 0.3) is 66.4 Å². The molecule has 67 heavy (non-hydrogen) atoms. The number of hydrogen-bond donors (Lipinski definition) is 0. The predicted molar refractivity (Wildman–Crippen MR) is 277 cm³/mol. The van der Waals surface area contributed by atoms with Crippen LogP contribution in [0.2, 0.25) is 0 Å². The summed E-state index contributed by atoms with van der Waals surface area (Å²) in [6, 6.07) is 93.5. The predicted octanol–water partition coefficient (Wildman–Crippen LogP) is 16.7. The van der Waals surface area contributed by atoms with Crippen molar-refractivity contribution in [2.45, 2.75) is 10.8 Å². The van der Waals surface area contributed by atoms with Crippen molar-refractivity contribution in [2.24, 2.45) is 0 Å². The van der Waals surface area contributed by atoms with Gasteiger partial charge < -0.3 is 4.90 Å². The van der Waals surface area contributed by atoms with Crippen LogP contribution in [0.1, 0.15) is 44.5 Å². The zero-order valence-corrected chi connectivity index (χ0v) is 36.6. The number of fused-ring (bicyclic) bond motifs is 21. The van der Waals surface area contributed by atoms with E-state index in [1.807, 2.05) is 0 Å². The summed E-state index contributed by atoms with van der Waals surface area (Å²) in [6.07, 6.45) is 0. The highest BCUT2D eigenvalue weighted by Gasteiger charge is 2.53. The summed E-state index contributed by atoms with van der Waals surface area (Å²) in [6.45, 7) is 0. The van der Waals surface area contributed by atoms with Crippen molar-refractivity contribution < 1.29 is 0 Å². The molecule has 0 heterocycles. The minimum Gasteiger partial charge on any atom is -0.310 e. The van der Waals surface area contributed by atoms with E-state index in [1.54, 1.807) is 0 Å². The van der Waals surface area contributed by atoms with Crippen LogP contribution in [0, 0.1) is 0 Å². The molecule has 4 aliphatic carbocycles. The Morgan fingerprint density at radius 3 is 1.13 bits per heavy atom. The molecule has 0 bridgehead atoms. The molecule has 0 radical (unpaired) electrons. The molecule has 0 N–H and O–H groups in total. The summed E-state index contributed by atoms with van der Waals surface area (Å²) in [5.74, 6) is 0. The van der Waals surface area contributed by atoms with Crippen LogP contribution in [-0.2, 0) is 10.8 Å². The van der Waals surface area contributed by atoms with Crippen molar-refractivity contribution >= 4 is 27.8 Å². The first kappa shape index (κ1) is 36.8. The summed E-state index contributed by atoms with van der Waals surface area (Å²) < 4.78 is 0. The number of benzene rings is 11. The van der Waals surface area contributed by atoms with Crippen molar-refractivity contribution in [3.63, 3.8) is 0 Å². The molecule has 0 aliphatic heterocycles. The zero-order chi connectivity index (χ0) is 43.8. The van der Waals surface area contributed by atoms with Crippen molar-refractivity contribution in [1.82, 2.24) is 0 Å². The lowest BCUT2D eigenvalue weighted by Gasteiger charge is -2.32. The second-order valence-corrected chi connectivity index (χ2v) is 18.7. The van der Waals surface area contributed by atoms with Gasteiger partial charge in [0.1, 0.15) is 0 Å². The second kappa shape index (κ2) is 13.5. The maximum Gasteiger partial charge on any atom is 0.0726 e. The van der Waals surface area contributed by atoms with Gasteiger partial charge in [0.2, 0.25) is 0 Å². The normalized spacial score (nSPS) is 14.2.